The van der Waals surface area contributed by atoms with Gasteiger partial charge in [-0.3, -0.25) is 5.43 Å². The molecule has 0 fully saturated rings. The van der Waals surface area contributed by atoms with Gasteiger partial charge in [0.1, 0.15) is 17.7 Å². The number of hydrogen-bond acceptors (Lipinski definition) is 4. The standard InChI is InChI=1S/C11H8BrClN4/c1-8-4-10(2-3-11(8)12)17(13)16-7-9(5-14)6-15/h2-4,7,16H,1H3. The van der Waals surface area contributed by atoms with Gasteiger partial charge in [0.25, 0.3) is 0 Å². The third-order valence-electron chi connectivity index (χ3n) is 1.93. The van der Waals surface area contributed by atoms with E-state index in [1.165, 1.54) is 10.7 Å². The first kappa shape index (κ1) is 13.4. The second-order valence-corrected chi connectivity index (χ2v) is 4.32. The predicted molar refractivity (Wildman–Crippen MR) is 69.7 cm³/mol. The molecule has 0 aliphatic carbocycles. The summed E-state index contributed by atoms with van der Waals surface area (Å²) in [7, 11) is 0. The Morgan fingerprint density at radius 2 is 2.12 bits per heavy atom. The van der Waals surface area contributed by atoms with E-state index in [0.29, 0.717) is 5.69 Å². The highest BCUT2D eigenvalue weighted by molar-refractivity contribution is 9.10. The minimum Gasteiger partial charge on any atom is -0.289 e. The fourth-order valence-electron chi connectivity index (χ4n) is 1.04. The van der Waals surface area contributed by atoms with Gasteiger partial charge in [0, 0.05) is 22.4 Å². The van der Waals surface area contributed by atoms with Crippen molar-refractivity contribution < 1.29 is 0 Å². The Kier molecular flexibility index (Phi) is 4.84. The van der Waals surface area contributed by atoms with Gasteiger partial charge >= 0.3 is 0 Å². The van der Waals surface area contributed by atoms with E-state index in [2.05, 4.69) is 21.4 Å². The van der Waals surface area contributed by atoms with Crippen LogP contribution in [0.15, 0.2) is 34.4 Å². The van der Waals surface area contributed by atoms with Gasteiger partial charge in [0.15, 0.2) is 0 Å². The number of benzene rings is 1. The van der Waals surface area contributed by atoms with Crippen molar-refractivity contribution in [3.05, 3.63) is 40.0 Å². The van der Waals surface area contributed by atoms with E-state index in [1.54, 1.807) is 18.2 Å². The fourth-order valence-corrected chi connectivity index (χ4v) is 1.44. The lowest BCUT2D eigenvalue weighted by Gasteiger charge is -2.15. The Morgan fingerprint density at radius 3 is 2.65 bits per heavy atom. The summed E-state index contributed by atoms with van der Waals surface area (Å²) >= 11 is 9.32. The lowest BCUT2D eigenvalue weighted by molar-refractivity contribution is 0.944. The highest BCUT2D eigenvalue weighted by Gasteiger charge is 2.03. The lowest BCUT2D eigenvalue weighted by atomic mass is 10.2. The molecule has 0 saturated heterocycles. The van der Waals surface area contributed by atoms with E-state index >= 15 is 0 Å². The quantitative estimate of drug-likeness (QED) is 0.529. The second-order valence-electron chi connectivity index (χ2n) is 3.13. The topological polar surface area (TPSA) is 62.9 Å². The summed E-state index contributed by atoms with van der Waals surface area (Å²) in [6.07, 6.45) is 1.24. The Morgan fingerprint density at radius 1 is 1.47 bits per heavy atom. The molecule has 1 aromatic carbocycles. The molecule has 0 bridgehead atoms. The number of nitriles is 2. The van der Waals surface area contributed by atoms with Crippen LogP contribution in [0.3, 0.4) is 0 Å². The van der Waals surface area contributed by atoms with Crippen molar-refractivity contribution in [2.45, 2.75) is 6.92 Å². The molecule has 0 unspecified atom stereocenters. The molecule has 1 N–H and O–H groups in total. The summed E-state index contributed by atoms with van der Waals surface area (Å²) < 4.78 is 2.19. The summed E-state index contributed by atoms with van der Waals surface area (Å²) in [4.78, 5) is 0. The minimum atomic E-state index is -0.0514. The number of rotatable bonds is 3. The number of nitrogens with one attached hydrogen (secondary N) is 1. The molecular weight excluding hydrogens is 304 g/mol. The molecule has 0 radical (unpaired) electrons. The van der Waals surface area contributed by atoms with Crippen LogP contribution in [0.1, 0.15) is 5.56 Å². The van der Waals surface area contributed by atoms with Gasteiger partial charge in [-0.05, 0) is 30.7 Å². The van der Waals surface area contributed by atoms with E-state index < -0.39 is 0 Å². The molecule has 86 valence electrons. The lowest BCUT2D eigenvalue weighted by Crippen LogP contribution is -2.24. The van der Waals surface area contributed by atoms with Gasteiger partial charge in [-0.15, -0.1) is 0 Å². The van der Waals surface area contributed by atoms with E-state index in [1.807, 2.05) is 19.1 Å². The number of halogens is 2. The van der Waals surface area contributed by atoms with Crippen molar-refractivity contribution >= 4 is 33.4 Å². The van der Waals surface area contributed by atoms with E-state index in [0.717, 1.165) is 10.0 Å². The Balaban J connectivity index is 2.81. The van der Waals surface area contributed by atoms with Gasteiger partial charge in [0.05, 0.1) is 5.69 Å². The number of nitrogens with zero attached hydrogens (tertiary/aromatic N) is 3. The number of aryl methyl sites for hydroxylation is 1. The average Bonchev–Trinajstić information content (AvgIpc) is 2.33. The SMILES string of the molecule is Cc1cc(N(Cl)NC=C(C#N)C#N)ccc1Br. The smallest absolute Gasteiger partial charge is 0.147 e. The molecule has 0 saturated carbocycles. The van der Waals surface area contributed by atoms with Crippen LogP contribution >= 0.6 is 27.7 Å². The second kappa shape index (κ2) is 6.15. The van der Waals surface area contributed by atoms with Crippen LogP contribution in [0, 0.1) is 29.6 Å². The fraction of sp³-hybridized carbons (Fsp3) is 0.0909. The molecule has 0 amide bonds. The first-order valence-electron chi connectivity index (χ1n) is 4.57. The number of allylic oxidation sites excluding steroid dienone is 1. The third kappa shape index (κ3) is 3.67. The molecule has 17 heavy (non-hydrogen) atoms. The molecule has 6 heteroatoms. The molecule has 0 aliphatic rings. The van der Waals surface area contributed by atoms with Crippen molar-refractivity contribution in [3.63, 3.8) is 0 Å². The van der Waals surface area contributed by atoms with Crippen LogP contribution in [-0.4, -0.2) is 0 Å². The van der Waals surface area contributed by atoms with Crippen LogP contribution in [0.25, 0.3) is 0 Å². The number of hydrazine groups is 1. The van der Waals surface area contributed by atoms with Crippen molar-refractivity contribution in [1.29, 1.82) is 10.5 Å². The highest BCUT2D eigenvalue weighted by Crippen LogP contribution is 2.22. The monoisotopic (exact) mass is 310 g/mol. The Bertz CT molecular complexity index is 511. The summed E-state index contributed by atoms with van der Waals surface area (Å²) in [5, 5.41) is 17.1. The summed E-state index contributed by atoms with van der Waals surface area (Å²) in [6, 6.07) is 8.96. The van der Waals surface area contributed by atoms with E-state index in [9.17, 15) is 0 Å². The van der Waals surface area contributed by atoms with E-state index in [-0.39, 0.29) is 5.57 Å². The average molecular weight is 312 g/mol. The summed E-state index contributed by atoms with van der Waals surface area (Å²) in [5.41, 5.74) is 4.31. The summed E-state index contributed by atoms with van der Waals surface area (Å²) in [5.74, 6) is 0. The van der Waals surface area contributed by atoms with Crippen molar-refractivity contribution in [3.8, 4) is 12.1 Å². The molecule has 0 aliphatic heterocycles. The molecular formula is C11H8BrClN4. The maximum Gasteiger partial charge on any atom is 0.147 e. The molecule has 0 heterocycles. The van der Waals surface area contributed by atoms with Gasteiger partial charge in [0.2, 0.25) is 0 Å². The third-order valence-corrected chi connectivity index (χ3v) is 3.11. The minimum absolute atomic E-state index is 0.0514. The Labute approximate surface area is 113 Å². The van der Waals surface area contributed by atoms with Crippen LogP contribution < -0.4 is 9.95 Å². The zero-order chi connectivity index (χ0) is 12.8. The molecule has 1 rings (SSSR count). The molecule has 1 aromatic rings. The van der Waals surface area contributed by atoms with Gasteiger partial charge in [-0.25, -0.2) is 0 Å². The van der Waals surface area contributed by atoms with Crippen LogP contribution in [0.2, 0.25) is 0 Å². The zero-order valence-corrected chi connectivity index (χ0v) is 11.2. The van der Waals surface area contributed by atoms with Crippen LogP contribution in [0.4, 0.5) is 5.69 Å². The summed E-state index contributed by atoms with van der Waals surface area (Å²) in [6.45, 7) is 1.93. The first-order chi connectivity index (χ1) is 8.08. The Hall–Kier alpha value is -1.69. The number of hydrogen-bond donors (Lipinski definition) is 1. The largest absolute Gasteiger partial charge is 0.289 e. The van der Waals surface area contributed by atoms with Crippen molar-refractivity contribution in [2.24, 2.45) is 0 Å². The van der Waals surface area contributed by atoms with Crippen LogP contribution in [0.5, 0.6) is 0 Å². The predicted octanol–water partition coefficient (Wildman–Crippen LogP) is 3.15. The number of anilines is 1. The maximum atomic E-state index is 8.54. The molecule has 0 atom stereocenters. The normalized spacial score (nSPS) is 8.76. The molecule has 4 nitrogen and oxygen atoms in total. The van der Waals surface area contributed by atoms with Crippen LogP contribution in [-0.2, 0) is 0 Å². The van der Waals surface area contributed by atoms with Gasteiger partial charge in [-0.1, -0.05) is 15.9 Å². The molecule has 0 spiro atoms. The highest BCUT2D eigenvalue weighted by atomic mass is 79.9. The van der Waals surface area contributed by atoms with Gasteiger partial charge in [-0.2, -0.15) is 15.1 Å². The first-order valence-corrected chi connectivity index (χ1v) is 5.70. The molecule has 0 aromatic heterocycles. The van der Waals surface area contributed by atoms with Crippen molar-refractivity contribution in [2.75, 3.05) is 4.53 Å². The van der Waals surface area contributed by atoms with E-state index in [4.69, 9.17) is 22.3 Å². The van der Waals surface area contributed by atoms with Crippen molar-refractivity contribution in [1.82, 2.24) is 5.43 Å². The maximum absolute atomic E-state index is 8.54. The van der Waals surface area contributed by atoms with Gasteiger partial charge < -0.3 is 0 Å². The zero-order valence-electron chi connectivity index (χ0n) is 8.91.